The van der Waals surface area contributed by atoms with E-state index in [0.717, 1.165) is 53.5 Å². The first kappa shape index (κ1) is 22.1. The number of nitrogens with zero attached hydrogens (tertiary/aromatic N) is 3. The van der Waals surface area contributed by atoms with Gasteiger partial charge in [0.25, 0.3) is 0 Å². The van der Waals surface area contributed by atoms with Crippen LogP contribution in [-0.4, -0.2) is 46.1 Å². The molecule has 2 aromatic rings. The van der Waals surface area contributed by atoms with Gasteiger partial charge in [-0.1, -0.05) is 29.8 Å². The smallest absolute Gasteiger partial charge is 0.246 e. The maximum atomic E-state index is 12.6. The number of nitrogens with one attached hydrogen (secondary N) is 1. The van der Waals surface area contributed by atoms with Crippen molar-refractivity contribution in [1.82, 2.24) is 20.0 Å². The van der Waals surface area contributed by atoms with Crippen LogP contribution in [0.4, 0.5) is 0 Å². The summed E-state index contributed by atoms with van der Waals surface area (Å²) in [5.41, 5.74) is 3.87. The molecule has 3 rings (SSSR count). The van der Waals surface area contributed by atoms with Gasteiger partial charge in [-0.3, -0.25) is 14.3 Å². The van der Waals surface area contributed by atoms with Crippen LogP contribution in [0, 0.1) is 19.8 Å². The number of rotatable bonds is 6. The first-order valence-electron chi connectivity index (χ1n) is 10.3. The number of likely N-dealkylation sites (tertiary alicyclic amines) is 1. The third-order valence-corrected chi connectivity index (χ3v) is 6.04. The second-order valence-electron chi connectivity index (χ2n) is 7.87. The fourth-order valence-electron chi connectivity index (χ4n) is 3.80. The predicted molar refractivity (Wildman–Crippen MR) is 119 cm³/mol. The molecule has 1 aromatic carbocycles. The summed E-state index contributed by atoms with van der Waals surface area (Å²) in [5, 5.41) is 8.22. The van der Waals surface area contributed by atoms with E-state index >= 15 is 0 Å². The molecule has 1 aliphatic rings. The number of amides is 2. The third-order valence-electron chi connectivity index (χ3n) is 5.67. The van der Waals surface area contributed by atoms with E-state index in [1.54, 1.807) is 6.08 Å². The van der Waals surface area contributed by atoms with Crippen LogP contribution < -0.4 is 5.32 Å². The monoisotopic (exact) mass is 428 g/mol. The molecule has 160 valence electrons. The molecule has 0 saturated carbocycles. The van der Waals surface area contributed by atoms with Crippen molar-refractivity contribution in [2.45, 2.75) is 40.2 Å². The number of aryl methyl sites for hydroxylation is 1. The van der Waals surface area contributed by atoms with Gasteiger partial charge in [0.2, 0.25) is 11.8 Å². The van der Waals surface area contributed by atoms with Crippen LogP contribution in [0.5, 0.6) is 0 Å². The van der Waals surface area contributed by atoms with Crippen molar-refractivity contribution in [3.05, 3.63) is 57.9 Å². The Kier molecular flexibility index (Phi) is 7.32. The molecule has 0 atom stereocenters. The van der Waals surface area contributed by atoms with Gasteiger partial charge in [0.1, 0.15) is 0 Å². The van der Waals surface area contributed by atoms with Crippen LogP contribution in [0.15, 0.2) is 30.3 Å². The lowest BCUT2D eigenvalue weighted by Crippen LogP contribution is -2.40. The number of halogens is 1. The Bertz CT molecular complexity index is 943. The van der Waals surface area contributed by atoms with Gasteiger partial charge in [0, 0.05) is 48.9 Å². The fourth-order valence-corrected chi connectivity index (χ4v) is 3.99. The summed E-state index contributed by atoms with van der Waals surface area (Å²) in [5.74, 6) is 0.456. The van der Waals surface area contributed by atoms with Crippen molar-refractivity contribution in [3.63, 3.8) is 0 Å². The van der Waals surface area contributed by atoms with E-state index in [9.17, 15) is 9.59 Å². The Morgan fingerprint density at radius 2 is 1.93 bits per heavy atom. The Morgan fingerprint density at radius 1 is 1.23 bits per heavy atom. The molecule has 1 aromatic heterocycles. The summed E-state index contributed by atoms with van der Waals surface area (Å²) in [4.78, 5) is 25.6. The normalized spacial score (nSPS) is 15.0. The summed E-state index contributed by atoms with van der Waals surface area (Å²) in [7, 11) is 0. The Balaban J connectivity index is 1.61. The zero-order valence-corrected chi connectivity index (χ0v) is 18.6. The van der Waals surface area contributed by atoms with Gasteiger partial charge in [-0.05, 0) is 50.3 Å². The number of aromatic nitrogens is 2. The largest absolute Gasteiger partial charge is 0.356 e. The van der Waals surface area contributed by atoms with Crippen LogP contribution in [-0.2, 0) is 16.1 Å². The number of carbonyl (C=O) groups is 2. The molecule has 0 radical (unpaired) electrons. The lowest BCUT2D eigenvalue weighted by molar-refractivity contribution is -0.127. The second-order valence-corrected chi connectivity index (χ2v) is 8.28. The maximum Gasteiger partial charge on any atom is 0.246 e. The molecule has 0 bridgehead atoms. The van der Waals surface area contributed by atoms with Crippen molar-refractivity contribution in [2.75, 3.05) is 19.6 Å². The van der Waals surface area contributed by atoms with Gasteiger partial charge in [-0.15, -0.1) is 0 Å². The van der Waals surface area contributed by atoms with Crippen molar-refractivity contribution < 1.29 is 9.59 Å². The van der Waals surface area contributed by atoms with Crippen molar-refractivity contribution >= 4 is 29.5 Å². The zero-order valence-electron chi connectivity index (χ0n) is 17.8. The van der Waals surface area contributed by atoms with Gasteiger partial charge < -0.3 is 10.2 Å². The minimum Gasteiger partial charge on any atom is -0.356 e. The third kappa shape index (κ3) is 5.51. The van der Waals surface area contributed by atoms with Gasteiger partial charge in [0.15, 0.2) is 0 Å². The van der Waals surface area contributed by atoms with Crippen LogP contribution in [0.1, 0.15) is 42.3 Å². The Labute approximate surface area is 182 Å². The molecule has 1 N–H and O–H groups in total. The molecule has 30 heavy (non-hydrogen) atoms. The maximum absolute atomic E-state index is 12.6. The standard InChI is InChI=1S/C23H29ClN4O2/c1-16-21(17(2)28(26-16)15-20-6-4-5-7-22(20)24)8-9-23(30)27-12-10-19(11-13-27)14-25-18(3)29/h4-9,19H,10-15H2,1-3H3,(H,25,29). The fraction of sp³-hybridized carbons (Fsp3) is 0.435. The van der Waals surface area contributed by atoms with E-state index < -0.39 is 0 Å². The van der Waals surface area contributed by atoms with Crippen LogP contribution >= 0.6 is 11.6 Å². The molecule has 0 aliphatic carbocycles. The van der Waals surface area contributed by atoms with E-state index in [4.69, 9.17) is 11.6 Å². The molecular formula is C23H29ClN4O2. The summed E-state index contributed by atoms with van der Waals surface area (Å²) in [6.45, 7) is 8.22. The summed E-state index contributed by atoms with van der Waals surface area (Å²) in [6.07, 6.45) is 5.33. The number of piperidine rings is 1. The van der Waals surface area contributed by atoms with Crippen molar-refractivity contribution in [2.24, 2.45) is 5.92 Å². The molecule has 1 saturated heterocycles. The zero-order chi connectivity index (χ0) is 21.7. The van der Waals surface area contributed by atoms with Crippen LogP contribution in [0.3, 0.4) is 0 Å². The molecule has 2 amide bonds. The number of hydrogen-bond donors (Lipinski definition) is 1. The number of carbonyl (C=O) groups excluding carboxylic acids is 2. The minimum absolute atomic E-state index is 0.00254. The molecule has 6 nitrogen and oxygen atoms in total. The second kappa shape index (κ2) is 9.94. The van der Waals surface area contributed by atoms with Gasteiger partial charge in [0.05, 0.1) is 12.2 Å². The quantitative estimate of drug-likeness (QED) is 0.715. The topological polar surface area (TPSA) is 67.2 Å². The first-order chi connectivity index (χ1) is 14.3. The Morgan fingerprint density at radius 3 is 2.60 bits per heavy atom. The molecule has 0 unspecified atom stereocenters. The SMILES string of the molecule is CC(=O)NCC1CCN(C(=O)C=Cc2c(C)nn(Cc3ccccc3Cl)c2C)CC1. The van der Waals surface area contributed by atoms with Gasteiger partial charge in [-0.25, -0.2) is 0 Å². The minimum atomic E-state index is -0.00254. The lowest BCUT2D eigenvalue weighted by Gasteiger charge is -2.31. The van der Waals surface area contributed by atoms with Gasteiger partial charge in [-0.2, -0.15) is 5.10 Å². The molecule has 2 heterocycles. The molecular weight excluding hydrogens is 400 g/mol. The highest BCUT2D eigenvalue weighted by Gasteiger charge is 2.21. The average molecular weight is 429 g/mol. The van der Waals surface area contributed by atoms with E-state index in [1.165, 1.54) is 6.92 Å². The average Bonchev–Trinajstić information content (AvgIpc) is 2.99. The molecule has 7 heteroatoms. The Hall–Kier alpha value is -2.60. The van der Waals surface area contributed by atoms with Gasteiger partial charge >= 0.3 is 0 Å². The van der Waals surface area contributed by atoms with Crippen molar-refractivity contribution in [3.8, 4) is 0 Å². The molecule has 0 spiro atoms. The molecule has 1 fully saturated rings. The van der Waals surface area contributed by atoms with Crippen molar-refractivity contribution in [1.29, 1.82) is 0 Å². The highest BCUT2D eigenvalue weighted by Crippen LogP contribution is 2.21. The summed E-state index contributed by atoms with van der Waals surface area (Å²) in [6, 6.07) is 7.75. The summed E-state index contributed by atoms with van der Waals surface area (Å²) < 4.78 is 1.92. The molecule has 1 aliphatic heterocycles. The van der Waals surface area contributed by atoms with E-state index in [1.807, 2.05) is 53.8 Å². The highest BCUT2D eigenvalue weighted by molar-refractivity contribution is 6.31. The lowest BCUT2D eigenvalue weighted by atomic mass is 9.96. The number of hydrogen-bond acceptors (Lipinski definition) is 3. The van der Waals surface area contributed by atoms with E-state index in [0.29, 0.717) is 19.0 Å². The first-order valence-corrected chi connectivity index (χ1v) is 10.7. The van der Waals surface area contributed by atoms with E-state index in [-0.39, 0.29) is 11.8 Å². The predicted octanol–water partition coefficient (Wildman–Crippen LogP) is 3.59. The highest BCUT2D eigenvalue weighted by atomic mass is 35.5. The van der Waals surface area contributed by atoms with Crippen LogP contribution in [0.2, 0.25) is 5.02 Å². The van der Waals surface area contributed by atoms with E-state index in [2.05, 4.69) is 10.4 Å². The van der Waals surface area contributed by atoms with Crippen LogP contribution in [0.25, 0.3) is 6.08 Å². The summed E-state index contributed by atoms with van der Waals surface area (Å²) >= 11 is 6.28. The number of benzene rings is 1.